The van der Waals surface area contributed by atoms with Crippen molar-refractivity contribution in [3.63, 3.8) is 0 Å². The second-order valence-corrected chi connectivity index (χ2v) is 4.12. The number of ether oxygens (including phenoxy) is 1. The molecule has 0 spiro atoms. The van der Waals surface area contributed by atoms with E-state index >= 15 is 0 Å². The van der Waals surface area contributed by atoms with Gasteiger partial charge in [-0.1, -0.05) is 19.4 Å². The van der Waals surface area contributed by atoms with Crippen molar-refractivity contribution in [2.75, 3.05) is 19.8 Å². The highest BCUT2D eigenvalue weighted by Gasteiger charge is 2.00. The molecule has 0 unspecified atom stereocenters. The lowest BCUT2D eigenvalue weighted by atomic mass is 10.2. The Morgan fingerprint density at radius 3 is 3.00 bits per heavy atom. The summed E-state index contributed by atoms with van der Waals surface area (Å²) in [5.41, 5.74) is 1.45. The van der Waals surface area contributed by atoms with Crippen LogP contribution in [0.5, 0.6) is 0 Å². The number of hydrogen-bond acceptors (Lipinski definition) is 4. The summed E-state index contributed by atoms with van der Waals surface area (Å²) in [6.45, 7) is 5.39. The van der Waals surface area contributed by atoms with Crippen molar-refractivity contribution in [3.05, 3.63) is 29.6 Å². The van der Waals surface area contributed by atoms with E-state index in [1.807, 2.05) is 12.1 Å². The maximum atomic E-state index is 8.88. The molecule has 1 aromatic rings. The SMILES string of the molecule is CCCCOCCCNCc1cccnc1C#N. The first kappa shape index (κ1) is 14.6. The van der Waals surface area contributed by atoms with Crippen molar-refractivity contribution < 1.29 is 4.74 Å². The Morgan fingerprint density at radius 1 is 1.39 bits per heavy atom. The van der Waals surface area contributed by atoms with Crippen LogP contribution in [-0.4, -0.2) is 24.7 Å². The molecule has 0 aromatic carbocycles. The molecule has 1 N–H and O–H groups in total. The molecule has 1 heterocycles. The third-order valence-electron chi connectivity index (χ3n) is 2.60. The number of hydrogen-bond donors (Lipinski definition) is 1. The smallest absolute Gasteiger partial charge is 0.144 e. The van der Waals surface area contributed by atoms with Crippen LogP contribution >= 0.6 is 0 Å². The van der Waals surface area contributed by atoms with Crippen molar-refractivity contribution in [1.82, 2.24) is 10.3 Å². The van der Waals surface area contributed by atoms with Gasteiger partial charge in [-0.15, -0.1) is 0 Å². The summed E-state index contributed by atoms with van der Waals surface area (Å²) in [6.07, 6.45) is 4.94. The first-order chi connectivity index (χ1) is 8.88. The molecule has 1 rings (SSSR count). The number of pyridine rings is 1. The summed E-state index contributed by atoms with van der Waals surface area (Å²) in [5.74, 6) is 0. The molecule has 0 radical (unpaired) electrons. The van der Waals surface area contributed by atoms with Gasteiger partial charge >= 0.3 is 0 Å². The Labute approximate surface area is 109 Å². The molecule has 0 atom stereocenters. The minimum Gasteiger partial charge on any atom is -0.381 e. The van der Waals surface area contributed by atoms with Gasteiger partial charge in [0, 0.05) is 31.5 Å². The molecule has 98 valence electrons. The number of nitrogens with one attached hydrogen (secondary N) is 1. The van der Waals surface area contributed by atoms with Crippen molar-refractivity contribution in [3.8, 4) is 6.07 Å². The molecule has 0 aliphatic heterocycles. The second kappa shape index (κ2) is 9.58. The summed E-state index contributed by atoms with van der Waals surface area (Å²) < 4.78 is 5.47. The third-order valence-corrected chi connectivity index (χ3v) is 2.60. The summed E-state index contributed by atoms with van der Waals surface area (Å²) in [6, 6.07) is 5.87. The predicted octanol–water partition coefficient (Wildman–Crippen LogP) is 2.25. The molecule has 0 saturated carbocycles. The van der Waals surface area contributed by atoms with Crippen LogP contribution in [0.1, 0.15) is 37.4 Å². The lowest BCUT2D eigenvalue weighted by Gasteiger charge is -2.06. The molecule has 4 nitrogen and oxygen atoms in total. The second-order valence-electron chi connectivity index (χ2n) is 4.12. The largest absolute Gasteiger partial charge is 0.381 e. The monoisotopic (exact) mass is 247 g/mol. The molecular weight excluding hydrogens is 226 g/mol. The Kier molecular flexibility index (Phi) is 7.78. The molecule has 0 amide bonds. The van der Waals surface area contributed by atoms with Crippen LogP contribution in [0.15, 0.2) is 18.3 Å². The zero-order chi connectivity index (χ0) is 13.1. The maximum absolute atomic E-state index is 8.88. The van der Waals surface area contributed by atoms with Crippen LogP contribution in [-0.2, 0) is 11.3 Å². The minimum atomic E-state index is 0.504. The highest BCUT2D eigenvalue weighted by molar-refractivity contribution is 5.30. The summed E-state index contributed by atoms with van der Waals surface area (Å²) in [5, 5.41) is 12.2. The van der Waals surface area contributed by atoms with E-state index in [0.29, 0.717) is 12.2 Å². The van der Waals surface area contributed by atoms with Gasteiger partial charge < -0.3 is 10.1 Å². The van der Waals surface area contributed by atoms with Crippen molar-refractivity contribution in [2.24, 2.45) is 0 Å². The summed E-state index contributed by atoms with van der Waals surface area (Å²) in [7, 11) is 0. The van der Waals surface area contributed by atoms with E-state index in [1.165, 1.54) is 6.42 Å². The highest BCUT2D eigenvalue weighted by atomic mass is 16.5. The quantitative estimate of drug-likeness (QED) is 0.680. The molecule has 1 aromatic heterocycles. The van der Waals surface area contributed by atoms with Crippen molar-refractivity contribution >= 4 is 0 Å². The first-order valence-electron chi connectivity index (χ1n) is 6.51. The Morgan fingerprint density at radius 2 is 2.22 bits per heavy atom. The fraction of sp³-hybridized carbons (Fsp3) is 0.571. The van der Waals surface area contributed by atoms with Gasteiger partial charge in [-0.3, -0.25) is 0 Å². The van der Waals surface area contributed by atoms with E-state index < -0.39 is 0 Å². The summed E-state index contributed by atoms with van der Waals surface area (Å²) >= 11 is 0. The Bertz CT molecular complexity index is 374. The fourth-order valence-corrected chi connectivity index (χ4v) is 1.55. The van der Waals surface area contributed by atoms with Gasteiger partial charge in [0.1, 0.15) is 11.8 Å². The van der Waals surface area contributed by atoms with Gasteiger partial charge in [0.15, 0.2) is 0 Å². The van der Waals surface area contributed by atoms with E-state index in [1.54, 1.807) is 6.20 Å². The van der Waals surface area contributed by atoms with Gasteiger partial charge in [-0.25, -0.2) is 4.98 Å². The van der Waals surface area contributed by atoms with Gasteiger partial charge in [0.25, 0.3) is 0 Å². The normalized spacial score (nSPS) is 10.2. The van der Waals surface area contributed by atoms with Crippen molar-refractivity contribution in [1.29, 1.82) is 5.26 Å². The van der Waals surface area contributed by atoms with E-state index in [0.717, 1.165) is 38.2 Å². The molecule has 0 aliphatic carbocycles. The van der Waals surface area contributed by atoms with Crippen LogP contribution in [0.25, 0.3) is 0 Å². The minimum absolute atomic E-state index is 0.504. The molecule has 0 aliphatic rings. The van der Waals surface area contributed by atoms with E-state index in [4.69, 9.17) is 10.00 Å². The molecule has 0 saturated heterocycles. The molecular formula is C14H21N3O. The van der Waals surface area contributed by atoms with Crippen LogP contribution in [0.4, 0.5) is 0 Å². The lowest BCUT2D eigenvalue weighted by Crippen LogP contribution is -2.17. The number of nitriles is 1. The van der Waals surface area contributed by atoms with Crippen molar-refractivity contribution in [2.45, 2.75) is 32.7 Å². The van der Waals surface area contributed by atoms with E-state index in [-0.39, 0.29) is 0 Å². The van der Waals surface area contributed by atoms with Crippen LogP contribution in [0.2, 0.25) is 0 Å². The standard InChI is InChI=1S/C14H21N3O/c1-2-3-9-18-10-5-7-16-12-13-6-4-8-17-14(13)11-15/h4,6,8,16H,2-3,5,7,9-10,12H2,1H3. The van der Waals surface area contributed by atoms with E-state index in [9.17, 15) is 0 Å². The average molecular weight is 247 g/mol. The van der Waals surface area contributed by atoms with Gasteiger partial charge in [-0.2, -0.15) is 5.26 Å². The zero-order valence-corrected chi connectivity index (χ0v) is 11.0. The molecule has 0 bridgehead atoms. The van der Waals surface area contributed by atoms with Crippen LogP contribution in [0.3, 0.4) is 0 Å². The topological polar surface area (TPSA) is 57.9 Å². The van der Waals surface area contributed by atoms with Gasteiger partial charge in [0.2, 0.25) is 0 Å². The number of unbranched alkanes of at least 4 members (excludes halogenated alkanes) is 1. The molecule has 18 heavy (non-hydrogen) atoms. The summed E-state index contributed by atoms with van der Waals surface area (Å²) in [4.78, 5) is 4.02. The van der Waals surface area contributed by atoms with Crippen LogP contribution < -0.4 is 5.32 Å². The van der Waals surface area contributed by atoms with Gasteiger partial charge in [-0.05, 0) is 25.5 Å². The average Bonchev–Trinajstić information content (AvgIpc) is 2.42. The van der Waals surface area contributed by atoms with Gasteiger partial charge in [0.05, 0.1) is 0 Å². The maximum Gasteiger partial charge on any atom is 0.144 e. The first-order valence-corrected chi connectivity index (χ1v) is 6.51. The fourth-order valence-electron chi connectivity index (χ4n) is 1.55. The zero-order valence-electron chi connectivity index (χ0n) is 11.0. The third kappa shape index (κ3) is 5.76. The number of rotatable bonds is 9. The Balaban J connectivity index is 2.09. The number of nitrogens with zero attached hydrogens (tertiary/aromatic N) is 2. The van der Waals surface area contributed by atoms with Crippen LogP contribution in [0, 0.1) is 11.3 Å². The lowest BCUT2D eigenvalue weighted by molar-refractivity contribution is 0.129. The Hall–Kier alpha value is -1.44. The molecule has 4 heteroatoms. The predicted molar refractivity (Wildman–Crippen MR) is 71.0 cm³/mol. The highest BCUT2D eigenvalue weighted by Crippen LogP contribution is 2.02. The molecule has 0 fully saturated rings. The number of aromatic nitrogens is 1. The van der Waals surface area contributed by atoms with E-state index in [2.05, 4.69) is 23.3 Å².